The number of nitrogens with zero attached hydrogens (tertiary/aromatic N) is 1. The highest BCUT2D eigenvalue weighted by Crippen LogP contribution is 2.12. The van der Waals surface area contributed by atoms with Crippen molar-refractivity contribution < 1.29 is 4.74 Å². The zero-order valence-electron chi connectivity index (χ0n) is 13.2. The van der Waals surface area contributed by atoms with E-state index in [-0.39, 0.29) is 24.8 Å². The molecular formula is C18H24Cl3NO. The van der Waals surface area contributed by atoms with Crippen molar-refractivity contribution in [3.05, 3.63) is 66.2 Å². The van der Waals surface area contributed by atoms with E-state index < -0.39 is 0 Å². The standard InChI is InChI=1S/C18H22ClNO.2ClH/c1-16(15-21-18-10-6-3-7-11-18)20(13-12-19)14-17-8-4-2-5-9-17;;/h2-11,16H,12-15H2,1H3;2*1H. The van der Waals surface area contributed by atoms with Crippen molar-refractivity contribution in [2.45, 2.75) is 19.5 Å². The molecule has 0 spiro atoms. The third-order valence-electron chi connectivity index (χ3n) is 3.46. The summed E-state index contributed by atoms with van der Waals surface area (Å²) in [6.07, 6.45) is 0. The predicted octanol–water partition coefficient (Wildman–Crippen LogP) is 5.04. The topological polar surface area (TPSA) is 12.5 Å². The van der Waals surface area contributed by atoms with Gasteiger partial charge in [-0.25, -0.2) is 0 Å². The molecule has 0 heterocycles. The summed E-state index contributed by atoms with van der Waals surface area (Å²) in [6, 6.07) is 20.7. The van der Waals surface area contributed by atoms with Crippen LogP contribution in [0.25, 0.3) is 0 Å². The SMILES string of the molecule is CC(COc1ccccc1)N(CCCl)Cc1ccccc1.Cl.Cl. The van der Waals surface area contributed by atoms with E-state index >= 15 is 0 Å². The van der Waals surface area contributed by atoms with Crippen LogP contribution in [0.5, 0.6) is 5.75 Å². The second-order valence-corrected chi connectivity index (χ2v) is 5.50. The van der Waals surface area contributed by atoms with Crippen molar-refractivity contribution in [3.63, 3.8) is 0 Å². The molecule has 0 saturated heterocycles. The first-order valence-electron chi connectivity index (χ1n) is 7.31. The fourth-order valence-electron chi connectivity index (χ4n) is 2.22. The normalized spacial score (nSPS) is 11.3. The molecule has 1 atom stereocenters. The van der Waals surface area contributed by atoms with Crippen molar-refractivity contribution in [2.75, 3.05) is 19.0 Å². The molecule has 0 aromatic heterocycles. The Balaban J connectivity index is 0.00000242. The molecule has 0 aliphatic heterocycles. The second kappa shape index (κ2) is 12.5. The minimum absolute atomic E-state index is 0. The second-order valence-electron chi connectivity index (χ2n) is 5.12. The van der Waals surface area contributed by atoms with Crippen molar-refractivity contribution in [2.24, 2.45) is 0 Å². The van der Waals surface area contributed by atoms with Crippen LogP contribution in [0.2, 0.25) is 0 Å². The van der Waals surface area contributed by atoms with Crippen molar-refractivity contribution >= 4 is 36.4 Å². The molecular weight excluding hydrogens is 353 g/mol. The van der Waals surface area contributed by atoms with Gasteiger partial charge >= 0.3 is 0 Å². The van der Waals surface area contributed by atoms with Crippen LogP contribution in [0.15, 0.2) is 60.7 Å². The molecule has 128 valence electrons. The molecule has 0 fully saturated rings. The number of alkyl halides is 1. The van der Waals surface area contributed by atoms with Gasteiger partial charge in [-0.05, 0) is 24.6 Å². The summed E-state index contributed by atoms with van der Waals surface area (Å²) in [7, 11) is 0. The van der Waals surface area contributed by atoms with Crippen LogP contribution in [-0.2, 0) is 6.54 Å². The highest BCUT2D eigenvalue weighted by atomic mass is 35.5. The molecule has 23 heavy (non-hydrogen) atoms. The first-order chi connectivity index (χ1) is 10.3. The Morgan fingerprint density at radius 3 is 2.09 bits per heavy atom. The van der Waals surface area contributed by atoms with E-state index in [0.29, 0.717) is 18.5 Å². The number of para-hydroxylation sites is 1. The van der Waals surface area contributed by atoms with Gasteiger partial charge in [0.1, 0.15) is 12.4 Å². The lowest BCUT2D eigenvalue weighted by Gasteiger charge is -2.28. The highest BCUT2D eigenvalue weighted by Gasteiger charge is 2.14. The summed E-state index contributed by atoms with van der Waals surface area (Å²) in [5.74, 6) is 1.54. The monoisotopic (exact) mass is 375 g/mol. The Labute approximate surface area is 156 Å². The first kappa shape index (κ1) is 22.1. The average Bonchev–Trinajstić information content (AvgIpc) is 2.54. The van der Waals surface area contributed by atoms with E-state index in [4.69, 9.17) is 16.3 Å². The van der Waals surface area contributed by atoms with Crippen LogP contribution in [0.3, 0.4) is 0 Å². The smallest absolute Gasteiger partial charge is 0.119 e. The van der Waals surface area contributed by atoms with Gasteiger partial charge in [0.05, 0.1) is 0 Å². The fourth-order valence-corrected chi connectivity index (χ4v) is 2.44. The van der Waals surface area contributed by atoms with Gasteiger partial charge in [-0.15, -0.1) is 36.4 Å². The van der Waals surface area contributed by atoms with Crippen molar-refractivity contribution in [1.82, 2.24) is 4.90 Å². The largest absolute Gasteiger partial charge is 0.492 e. The minimum atomic E-state index is 0. The van der Waals surface area contributed by atoms with Gasteiger partial charge in [-0.3, -0.25) is 4.90 Å². The van der Waals surface area contributed by atoms with Crippen LogP contribution < -0.4 is 4.74 Å². The van der Waals surface area contributed by atoms with E-state index in [1.165, 1.54) is 5.56 Å². The maximum Gasteiger partial charge on any atom is 0.119 e. The molecule has 0 aliphatic carbocycles. The Bertz CT molecular complexity index is 510. The molecule has 0 aliphatic rings. The van der Waals surface area contributed by atoms with Crippen LogP contribution in [0.1, 0.15) is 12.5 Å². The Morgan fingerprint density at radius 2 is 1.52 bits per heavy atom. The lowest BCUT2D eigenvalue weighted by atomic mass is 10.2. The van der Waals surface area contributed by atoms with Gasteiger partial charge in [0, 0.05) is 25.0 Å². The van der Waals surface area contributed by atoms with E-state index in [2.05, 4.69) is 36.1 Å². The van der Waals surface area contributed by atoms with E-state index in [9.17, 15) is 0 Å². The maximum atomic E-state index is 5.94. The lowest BCUT2D eigenvalue weighted by molar-refractivity contribution is 0.146. The summed E-state index contributed by atoms with van der Waals surface area (Å²) in [4.78, 5) is 2.35. The quantitative estimate of drug-likeness (QED) is 0.598. The average molecular weight is 377 g/mol. The highest BCUT2D eigenvalue weighted by molar-refractivity contribution is 6.18. The van der Waals surface area contributed by atoms with Gasteiger partial charge in [0.15, 0.2) is 0 Å². The zero-order chi connectivity index (χ0) is 14.9. The Hall–Kier alpha value is -0.930. The number of ether oxygens (including phenoxy) is 1. The molecule has 2 nitrogen and oxygen atoms in total. The molecule has 2 aromatic carbocycles. The van der Waals surface area contributed by atoms with Crippen LogP contribution in [0, 0.1) is 0 Å². The summed E-state index contributed by atoms with van der Waals surface area (Å²) >= 11 is 5.94. The number of rotatable bonds is 8. The first-order valence-corrected chi connectivity index (χ1v) is 7.85. The molecule has 0 bridgehead atoms. The molecule has 1 unspecified atom stereocenters. The Kier molecular flexibility index (Phi) is 12.0. The number of halogens is 3. The predicted molar refractivity (Wildman–Crippen MR) is 103 cm³/mol. The number of benzene rings is 2. The lowest BCUT2D eigenvalue weighted by Crippen LogP contribution is -2.38. The molecule has 0 saturated carbocycles. The molecule has 2 aromatic rings. The van der Waals surface area contributed by atoms with Crippen molar-refractivity contribution in [1.29, 1.82) is 0 Å². The van der Waals surface area contributed by atoms with Crippen molar-refractivity contribution in [3.8, 4) is 5.75 Å². The minimum Gasteiger partial charge on any atom is -0.492 e. The van der Waals surface area contributed by atoms with Gasteiger partial charge < -0.3 is 4.74 Å². The summed E-state index contributed by atoms with van der Waals surface area (Å²) in [5, 5.41) is 0. The zero-order valence-corrected chi connectivity index (χ0v) is 15.6. The van der Waals surface area contributed by atoms with Gasteiger partial charge in [-0.1, -0.05) is 48.5 Å². The third-order valence-corrected chi connectivity index (χ3v) is 3.63. The number of hydrogen-bond donors (Lipinski definition) is 0. The van der Waals surface area contributed by atoms with E-state index in [0.717, 1.165) is 18.8 Å². The van der Waals surface area contributed by atoms with Gasteiger partial charge in [0.25, 0.3) is 0 Å². The third kappa shape index (κ3) is 7.94. The molecule has 5 heteroatoms. The molecule has 0 radical (unpaired) electrons. The molecule has 0 N–H and O–H groups in total. The van der Waals surface area contributed by atoms with E-state index in [1.54, 1.807) is 0 Å². The van der Waals surface area contributed by atoms with E-state index in [1.807, 2.05) is 36.4 Å². The summed E-state index contributed by atoms with van der Waals surface area (Å²) in [6.45, 7) is 4.59. The van der Waals surface area contributed by atoms with Crippen LogP contribution in [-0.4, -0.2) is 30.0 Å². The summed E-state index contributed by atoms with van der Waals surface area (Å²) in [5.41, 5.74) is 1.30. The molecule has 2 rings (SSSR count). The summed E-state index contributed by atoms with van der Waals surface area (Å²) < 4.78 is 5.85. The fraction of sp³-hybridized carbons (Fsp3) is 0.333. The Morgan fingerprint density at radius 1 is 0.957 bits per heavy atom. The van der Waals surface area contributed by atoms with Gasteiger partial charge in [-0.2, -0.15) is 0 Å². The maximum absolute atomic E-state index is 5.94. The number of hydrogen-bond acceptors (Lipinski definition) is 2. The van der Waals surface area contributed by atoms with Gasteiger partial charge in [0.2, 0.25) is 0 Å². The van der Waals surface area contributed by atoms with Crippen LogP contribution >= 0.6 is 36.4 Å². The van der Waals surface area contributed by atoms with Crippen LogP contribution in [0.4, 0.5) is 0 Å². The molecule has 0 amide bonds.